The van der Waals surface area contributed by atoms with Crippen LogP contribution in [0, 0.1) is 0 Å². The Morgan fingerprint density at radius 3 is 2.93 bits per heavy atom. The summed E-state index contributed by atoms with van der Waals surface area (Å²) in [5.74, 6) is 0.852. The molecular formula is C11H15N3O. The van der Waals surface area contributed by atoms with Gasteiger partial charge < -0.3 is 15.0 Å². The topological polar surface area (TPSA) is 50.1 Å². The van der Waals surface area contributed by atoms with E-state index in [1.807, 2.05) is 31.3 Å². The van der Waals surface area contributed by atoms with Gasteiger partial charge in [-0.3, -0.25) is 0 Å². The van der Waals surface area contributed by atoms with Gasteiger partial charge in [0.2, 0.25) is 5.95 Å². The standard InChI is InChI=1S/C11H15N3O/c1-12-11-13-9-5-2-3-6-10(9)14(11)7-4-8-15/h2-3,5-6,15H,4,7-8H2,1H3,(H,12,13). The number of aromatic nitrogens is 2. The molecule has 2 N–H and O–H groups in total. The van der Waals surface area contributed by atoms with Crippen molar-refractivity contribution in [3.05, 3.63) is 24.3 Å². The summed E-state index contributed by atoms with van der Waals surface area (Å²) in [5, 5.41) is 11.9. The second-order valence-electron chi connectivity index (χ2n) is 3.40. The lowest BCUT2D eigenvalue weighted by atomic mass is 10.3. The molecule has 0 saturated heterocycles. The highest BCUT2D eigenvalue weighted by Gasteiger charge is 2.07. The van der Waals surface area contributed by atoms with Crippen molar-refractivity contribution in [3.8, 4) is 0 Å². The molecule has 2 rings (SSSR count). The SMILES string of the molecule is CNc1nc2ccccc2n1CCCO. The van der Waals surface area contributed by atoms with Gasteiger partial charge in [0.1, 0.15) is 0 Å². The molecule has 15 heavy (non-hydrogen) atoms. The third-order valence-corrected chi connectivity index (χ3v) is 2.42. The van der Waals surface area contributed by atoms with Crippen LogP contribution < -0.4 is 5.32 Å². The number of aliphatic hydroxyl groups is 1. The van der Waals surface area contributed by atoms with Crippen LogP contribution in [-0.2, 0) is 6.54 Å². The quantitative estimate of drug-likeness (QED) is 0.794. The molecular weight excluding hydrogens is 190 g/mol. The van der Waals surface area contributed by atoms with Crippen LogP contribution in [0.5, 0.6) is 0 Å². The maximum absolute atomic E-state index is 8.85. The van der Waals surface area contributed by atoms with Gasteiger partial charge in [-0.2, -0.15) is 0 Å². The van der Waals surface area contributed by atoms with Gasteiger partial charge in [-0.1, -0.05) is 12.1 Å². The van der Waals surface area contributed by atoms with E-state index < -0.39 is 0 Å². The predicted molar refractivity (Wildman–Crippen MR) is 61.0 cm³/mol. The molecule has 0 aliphatic rings. The summed E-state index contributed by atoms with van der Waals surface area (Å²) in [7, 11) is 1.86. The second-order valence-corrected chi connectivity index (χ2v) is 3.40. The molecule has 1 aromatic carbocycles. The van der Waals surface area contributed by atoms with E-state index in [4.69, 9.17) is 5.11 Å². The number of fused-ring (bicyclic) bond motifs is 1. The van der Waals surface area contributed by atoms with Gasteiger partial charge in [0, 0.05) is 20.2 Å². The first-order valence-electron chi connectivity index (χ1n) is 5.10. The Balaban J connectivity index is 2.47. The summed E-state index contributed by atoms with van der Waals surface area (Å²) in [6, 6.07) is 8.01. The van der Waals surface area contributed by atoms with Crippen LogP contribution in [0.4, 0.5) is 5.95 Å². The van der Waals surface area contributed by atoms with Crippen LogP contribution in [0.1, 0.15) is 6.42 Å². The minimum Gasteiger partial charge on any atom is -0.396 e. The molecule has 0 unspecified atom stereocenters. The Kier molecular flexibility index (Phi) is 2.87. The average molecular weight is 205 g/mol. The first kappa shape index (κ1) is 9.98. The third-order valence-electron chi connectivity index (χ3n) is 2.42. The number of nitrogens with zero attached hydrogens (tertiary/aromatic N) is 2. The summed E-state index contributed by atoms with van der Waals surface area (Å²) >= 11 is 0. The normalized spacial score (nSPS) is 10.8. The van der Waals surface area contributed by atoms with Crippen LogP contribution in [-0.4, -0.2) is 28.3 Å². The Hall–Kier alpha value is -1.55. The molecule has 4 nitrogen and oxygen atoms in total. The van der Waals surface area contributed by atoms with Crippen LogP contribution in [0.2, 0.25) is 0 Å². The number of para-hydroxylation sites is 2. The van der Waals surface area contributed by atoms with E-state index in [-0.39, 0.29) is 6.61 Å². The molecule has 0 amide bonds. The monoisotopic (exact) mass is 205 g/mol. The molecule has 1 heterocycles. The Morgan fingerprint density at radius 2 is 2.20 bits per heavy atom. The Labute approximate surface area is 88.6 Å². The van der Waals surface area contributed by atoms with Crippen molar-refractivity contribution < 1.29 is 5.11 Å². The van der Waals surface area contributed by atoms with E-state index >= 15 is 0 Å². The summed E-state index contributed by atoms with van der Waals surface area (Å²) in [6.07, 6.45) is 0.745. The van der Waals surface area contributed by atoms with E-state index in [2.05, 4.69) is 14.9 Å². The largest absolute Gasteiger partial charge is 0.396 e. The van der Waals surface area contributed by atoms with Crippen molar-refractivity contribution in [3.63, 3.8) is 0 Å². The van der Waals surface area contributed by atoms with Crippen LogP contribution >= 0.6 is 0 Å². The smallest absolute Gasteiger partial charge is 0.203 e. The zero-order chi connectivity index (χ0) is 10.7. The summed E-state index contributed by atoms with van der Waals surface area (Å²) in [5.41, 5.74) is 2.09. The van der Waals surface area contributed by atoms with Gasteiger partial charge in [-0.15, -0.1) is 0 Å². The fourth-order valence-corrected chi connectivity index (χ4v) is 1.72. The zero-order valence-electron chi connectivity index (χ0n) is 8.77. The number of aliphatic hydroxyl groups excluding tert-OH is 1. The van der Waals surface area contributed by atoms with Gasteiger partial charge in [-0.05, 0) is 18.6 Å². The van der Waals surface area contributed by atoms with Crippen molar-refractivity contribution in [2.75, 3.05) is 19.0 Å². The second kappa shape index (κ2) is 4.31. The zero-order valence-corrected chi connectivity index (χ0v) is 8.77. The molecule has 0 fully saturated rings. The van der Waals surface area contributed by atoms with Crippen molar-refractivity contribution in [1.29, 1.82) is 0 Å². The lowest BCUT2D eigenvalue weighted by molar-refractivity contribution is 0.281. The summed E-state index contributed by atoms with van der Waals surface area (Å²) in [6.45, 7) is 0.989. The molecule has 0 spiro atoms. The molecule has 0 aliphatic carbocycles. The van der Waals surface area contributed by atoms with Crippen LogP contribution in [0.25, 0.3) is 11.0 Å². The van der Waals surface area contributed by atoms with Crippen LogP contribution in [0.15, 0.2) is 24.3 Å². The van der Waals surface area contributed by atoms with Crippen LogP contribution in [0.3, 0.4) is 0 Å². The molecule has 80 valence electrons. The molecule has 0 radical (unpaired) electrons. The van der Waals surface area contributed by atoms with Gasteiger partial charge in [0.25, 0.3) is 0 Å². The number of aryl methyl sites for hydroxylation is 1. The number of rotatable bonds is 4. The van der Waals surface area contributed by atoms with Crippen molar-refractivity contribution in [1.82, 2.24) is 9.55 Å². The molecule has 0 atom stereocenters. The predicted octanol–water partition coefficient (Wildman–Crippen LogP) is 1.46. The number of imidazole rings is 1. The van der Waals surface area contributed by atoms with Gasteiger partial charge in [0.15, 0.2) is 0 Å². The lowest BCUT2D eigenvalue weighted by Gasteiger charge is -2.06. The number of benzene rings is 1. The summed E-state index contributed by atoms with van der Waals surface area (Å²) < 4.78 is 2.09. The highest BCUT2D eigenvalue weighted by Crippen LogP contribution is 2.19. The van der Waals surface area contributed by atoms with Gasteiger partial charge in [-0.25, -0.2) is 4.98 Å². The Morgan fingerprint density at radius 1 is 1.40 bits per heavy atom. The highest BCUT2D eigenvalue weighted by atomic mass is 16.3. The van der Waals surface area contributed by atoms with E-state index in [1.165, 1.54) is 0 Å². The first-order valence-corrected chi connectivity index (χ1v) is 5.10. The molecule has 4 heteroatoms. The van der Waals surface area contributed by atoms with Crippen molar-refractivity contribution >= 4 is 17.0 Å². The van der Waals surface area contributed by atoms with E-state index in [1.54, 1.807) is 0 Å². The highest BCUT2D eigenvalue weighted by molar-refractivity contribution is 5.78. The summed E-state index contributed by atoms with van der Waals surface area (Å²) in [4.78, 5) is 4.45. The number of nitrogens with one attached hydrogen (secondary N) is 1. The fourth-order valence-electron chi connectivity index (χ4n) is 1.72. The van der Waals surface area contributed by atoms with E-state index in [9.17, 15) is 0 Å². The minimum atomic E-state index is 0.204. The minimum absolute atomic E-state index is 0.204. The lowest BCUT2D eigenvalue weighted by Crippen LogP contribution is -2.05. The first-order chi connectivity index (χ1) is 7.36. The number of hydrogen-bond donors (Lipinski definition) is 2. The van der Waals surface area contributed by atoms with E-state index in [0.717, 1.165) is 29.9 Å². The average Bonchev–Trinajstić information content (AvgIpc) is 2.64. The molecule has 2 aromatic rings. The maximum atomic E-state index is 8.85. The molecule has 0 aliphatic heterocycles. The molecule has 0 bridgehead atoms. The number of hydrogen-bond acceptors (Lipinski definition) is 3. The third kappa shape index (κ3) is 1.80. The molecule has 0 saturated carbocycles. The fraction of sp³-hybridized carbons (Fsp3) is 0.364. The van der Waals surface area contributed by atoms with Crippen molar-refractivity contribution in [2.45, 2.75) is 13.0 Å². The number of anilines is 1. The van der Waals surface area contributed by atoms with Gasteiger partial charge >= 0.3 is 0 Å². The van der Waals surface area contributed by atoms with E-state index in [0.29, 0.717) is 0 Å². The Bertz CT molecular complexity index is 450. The maximum Gasteiger partial charge on any atom is 0.203 e. The molecule has 1 aromatic heterocycles. The van der Waals surface area contributed by atoms with Crippen molar-refractivity contribution in [2.24, 2.45) is 0 Å². The van der Waals surface area contributed by atoms with Gasteiger partial charge in [0.05, 0.1) is 11.0 Å².